The first-order chi connectivity index (χ1) is 44.6. The van der Waals surface area contributed by atoms with Gasteiger partial charge >= 0.3 is 0 Å². The van der Waals surface area contributed by atoms with Crippen molar-refractivity contribution >= 4 is 5.91 Å². The van der Waals surface area contributed by atoms with Crippen LogP contribution in [0.4, 0.5) is 0 Å². The van der Waals surface area contributed by atoms with Crippen LogP contribution in [-0.2, 0) is 23.7 Å². The minimum atomic E-state index is -1.78. The van der Waals surface area contributed by atoms with Crippen LogP contribution in [0.15, 0.2) is 0 Å². The second-order valence-corrected chi connectivity index (χ2v) is 28.6. The van der Waals surface area contributed by atoms with E-state index in [-0.39, 0.29) is 12.5 Å². The first-order valence-corrected chi connectivity index (χ1v) is 39.8. The van der Waals surface area contributed by atoms with Gasteiger partial charge in [-0.3, -0.25) is 4.79 Å². The maximum Gasteiger partial charge on any atom is 0.220 e. The molecule has 0 aliphatic carbocycles. The Balaban J connectivity index is 1.60. The lowest BCUT2D eigenvalue weighted by molar-refractivity contribution is -0.359. The van der Waals surface area contributed by atoms with Crippen molar-refractivity contribution in [2.24, 2.45) is 0 Å². The van der Waals surface area contributed by atoms with E-state index in [2.05, 4.69) is 19.2 Å². The van der Waals surface area contributed by atoms with Gasteiger partial charge in [-0.25, -0.2) is 0 Å². The quantitative estimate of drug-likeness (QED) is 0.0259. The smallest absolute Gasteiger partial charge is 0.220 e. The highest BCUT2D eigenvalue weighted by Gasteiger charge is 2.51. The van der Waals surface area contributed by atoms with Crippen molar-refractivity contribution in [2.75, 3.05) is 19.8 Å². The molecule has 12 atom stereocenters. The molecule has 14 nitrogen and oxygen atoms in total. The zero-order chi connectivity index (χ0) is 65.9. The van der Waals surface area contributed by atoms with E-state index in [0.29, 0.717) is 12.8 Å². The minimum absolute atomic E-state index is 0.195. The van der Waals surface area contributed by atoms with Crippen molar-refractivity contribution in [3.63, 3.8) is 0 Å². The molecule has 14 heteroatoms. The van der Waals surface area contributed by atoms with E-state index in [1.54, 1.807) is 0 Å². The summed E-state index contributed by atoms with van der Waals surface area (Å²) in [6.45, 7) is 2.95. The topological polar surface area (TPSA) is 228 Å². The second kappa shape index (κ2) is 62.5. The Hall–Kier alpha value is -1.01. The van der Waals surface area contributed by atoms with Crippen molar-refractivity contribution in [3.05, 3.63) is 0 Å². The normalized spacial score (nSPS) is 22.7. The number of aliphatic hydroxyl groups is 8. The number of ether oxygens (including phenoxy) is 4. The van der Waals surface area contributed by atoms with Crippen LogP contribution in [0.2, 0.25) is 0 Å². The molecule has 1 amide bonds. The Labute approximate surface area is 559 Å². The molecule has 2 aliphatic heterocycles. The van der Waals surface area contributed by atoms with Crippen molar-refractivity contribution in [1.82, 2.24) is 5.32 Å². The number of carbonyl (C=O) groups excluding carboxylic acids is 1. The van der Waals surface area contributed by atoms with E-state index in [4.69, 9.17) is 18.9 Å². The summed E-state index contributed by atoms with van der Waals surface area (Å²) in [6, 6.07) is -0.825. The van der Waals surface area contributed by atoms with E-state index in [0.717, 1.165) is 51.4 Å². The summed E-state index contributed by atoms with van der Waals surface area (Å²) in [4.78, 5) is 13.4. The third-order valence-corrected chi connectivity index (χ3v) is 20.1. The minimum Gasteiger partial charge on any atom is -0.394 e. The Kier molecular flexibility index (Phi) is 59.1. The first kappa shape index (κ1) is 86.1. The lowest BCUT2D eigenvalue weighted by atomic mass is 9.97. The highest BCUT2D eigenvalue weighted by Crippen LogP contribution is 2.31. The van der Waals surface area contributed by atoms with Gasteiger partial charge in [-0.2, -0.15) is 0 Å². The highest BCUT2D eigenvalue weighted by molar-refractivity contribution is 5.76. The molecule has 2 aliphatic rings. The summed E-state index contributed by atoms with van der Waals surface area (Å²) in [5, 5.41) is 87.8. The van der Waals surface area contributed by atoms with Gasteiger partial charge in [-0.15, -0.1) is 0 Å². The van der Waals surface area contributed by atoms with Crippen LogP contribution < -0.4 is 5.32 Å². The third kappa shape index (κ3) is 46.0. The molecule has 2 saturated heterocycles. The summed E-state index contributed by atoms with van der Waals surface area (Å²) < 4.78 is 23.0. The highest BCUT2D eigenvalue weighted by atomic mass is 16.7. The molecule has 9 N–H and O–H groups in total. The number of amides is 1. The Morgan fingerprint density at radius 2 is 0.626 bits per heavy atom. The molecule has 542 valence electrons. The van der Waals surface area contributed by atoms with Gasteiger partial charge in [0, 0.05) is 6.42 Å². The van der Waals surface area contributed by atoms with Crippen molar-refractivity contribution < 1.29 is 64.6 Å². The maximum absolute atomic E-state index is 13.4. The van der Waals surface area contributed by atoms with Crippen molar-refractivity contribution in [3.8, 4) is 0 Å². The van der Waals surface area contributed by atoms with Crippen LogP contribution in [0, 0.1) is 0 Å². The summed E-state index contributed by atoms with van der Waals surface area (Å²) in [5.41, 5.74) is 0. The average molecular weight is 1300 g/mol. The summed E-state index contributed by atoms with van der Waals surface area (Å²) in [5.74, 6) is -0.195. The molecule has 12 unspecified atom stereocenters. The van der Waals surface area contributed by atoms with Gasteiger partial charge in [0.2, 0.25) is 5.91 Å². The molecular formula is C77H151NO13. The van der Waals surface area contributed by atoms with Gasteiger partial charge in [-0.05, 0) is 12.8 Å². The van der Waals surface area contributed by atoms with Crippen molar-refractivity contribution in [1.29, 1.82) is 0 Å². The maximum atomic E-state index is 13.4. The molecule has 0 bridgehead atoms. The Morgan fingerprint density at radius 3 is 0.934 bits per heavy atom. The van der Waals surface area contributed by atoms with Crippen LogP contribution in [0.25, 0.3) is 0 Å². The van der Waals surface area contributed by atoms with Crippen LogP contribution in [-0.4, -0.2) is 140 Å². The summed E-state index contributed by atoms with van der Waals surface area (Å²) in [6.07, 6.45) is 60.0. The Bertz CT molecular complexity index is 1530. The van der Waals surface area contributed by atoms with Gasteiger partial charge in [0.15, 0.2) is 12.6 Å². The van der Waals surface area contributed by atoms with Crippen LogP contribution in [0.5, 0.6) is 0 Å². The first-order valence-electron chi connectivity index (χ1n) is 39.8. The SMILES string of the molecule is CCCCCCCCCCCCCCCCCCCCCCCCCCCCCCCCCCCC(O)C(COC1OC(CO)C(OC2OC(CO)C(O)C(O)C2O)C(O)C1O)NC(=O)CCCCCCCCCCCCCCCCCCCCCCCCCC. The standard InChI is InChI=1S/C77H151NO13/c1-3-5-7-9-11-13-15-17-19-21-23-25-27-29-30-31-32-33-34-35-36-37-38-40-42-44-46-48-50-52-54-56-58-60-66(81)65(64-88-76-74(87)72(85)75(68(63-80)90-76)91-77-73(86)71(84)70(83)67(62-79)89-77)78-69(82)61-59-57-55-53-51-49-47-45-43-41-39-28-26-24-22-20-18-16-14-12-10-8-6-4-2/h65-68,70-77,79-81,83-87H,3-64H2,1-2H3,(H,78,82). The number of unbranched alkanes of at least 4 members (excludes halogenated alkanes) is 55. The molecule has 0 spiro atoms. The predicted octanol–water partition coefficient (Wildman–Crippen LogP) is 17.5. The van der Waals surface area contributed by atoms with Crippen molar-refractivity contribution in [2.45, 2.75) is 466 Å². The fourth-order valence-corrected chi connectivity index (χ4v) is 13.8. The largest absolute Gasteiger partial charge is 0.394 e. The third-order valence-electron chi connectivity index (χ3n) is 20.1. The van der Waals surface area contributed by atoms with Gasteiger partial charge in [0.1, 0.15) is 48.8 Å². The molecule has 0 aromatic carbocycles. The molecule has 2 rings (SSSR count). The molecule has 0 aromatic heterocycles. The molecular weight excluding hydrogens is 1150 g/mol. The number of hydrogen-bond acceptors (Lipinski definition) is 13. The number of carbonyl (C=O) groups is 1. The molecule has 0 saturated carbocycles. The van der Waals surface area contributed by atoms with Gasteiger partial charge in [0.25, 0.3) is 0 Å². The number of nitrogens with one attached hydrogen (secondary N) is 1. The number of rotatable bonds is 68. The summed E-state index contributed by atoms with van der Waals surface area (Å²) in [7, 11) is 0. The molecule has 0 aromatic rings. The van der Waals surface area contributed by atoms with E-state index >= 15 is 0 Å². The van der Waals surface area contributed by atoms with Crippen LogP contribution >= 0.6 is 0 Å². The summed E-state index contributed by atoms with van der Waals surface area (Å²) >= 11 is 0. The van der Waals surface area contributed by atoms with Gasteiger partial charge in [0.05, 0.1) is 32.0 Å². The number of aliphatic hydroxyl groups excluding tert-OH is 8. The van der Waals surface area contributed by atoms with Gasteiger partial charge in [-0.1, -0.05) is 373 Å². The Morgan fingerprint density at radius 1 is 0.352 bits per heavy atom. The lowest BCUT2D eigenvalue weighted by Gasteiger charge is -2.46. The van der Waals surface area contributed by atoms with Crippen LogP contribution in [0.3, 0.4) is 0 Å². The van der Waals surface area contributed by atoms with E-state index in [9.17, 15) is 45.6 Å². The molecule has 2 fully saturated rings. The molecule has 91 heavy (non-hydrogen) atoms. The predicted molar refractivity (Wildman–Crippen MR) is 374 cm³/mol. The monoisotopic (exact) mass is 1300 g/mol. The lowest BCUT2D eigenvalue weighted by Crippen LogP contribution is -2.65. The fraction of sp³-hybridized carbons (Fsp3) is 0.987. The molecule has 0 radical (unpaired) electrons. The van der Waals surface area contributed by atoms with E-state index < -0.39 is 86.8 Å². The average Bonchev–Trinajstić information content (AvgIpc) is 3.75. The van der Waals surface area contributed by atoms with Crippen LogP contribution in [0.1, 0.15) is 393 Å². The zero-order valence-corrected chi connectivity index (χ0v) is 59.4. The van der Waals surface area contributed by atoms with Gasteiger partial charge < -0.3 is 65.1 Å². The second-order valence-electron chi connectivity index (χ2n) is 28.6. The molecule has 2 heterocycles. The van der Waals surface area contributed by atoms with E-state index in [1.165, 1.54) is 315 Å². The fourth-order valence-electron chi connectivity index (χ4n) is 13.8. The number of hydrogen-bond donors (Lipinski definition) is 9. The van der Waals surface area contributed by atoms with E-state index in [1.807, 2.05) is 0 Å². The zero-order valence-electron chi connectivity index (χ0n) is 59.4.